The van der Waals surface area contributed by atoms with Crippen molar-refractivity contribution in [3.8, 4) is 0 Å². The standard InChI is InChI=1S/C15H22N2OS/c1-10(2)17-15(18)11(3)16-9-13-8-12-6-4-5-7-14(12)19-13/h4-7,10-11,13,16H,8-9H2,1-3H3,(H,17,18). The van der Waals surface area contributed by atoms with Crippen LogP contribution in [0.5, 0.6) is 0 Å². The Kier molecular flexibility index (Phi) is 4.88. The average molecular weight is 278 g/mol. The van der Waals surface area contributed by atoms with Gasteiger partial charge in [-0.25, -0.2) is 0 Å². The van der Waals surface area contributed by atoms with Crippen molar-refractivity contribution in [1.29, 1.82) is 0 Å². The molecule has 1 heterocycles. The molecule has 1 amide bonds. The van der Waals surface area contributed by atoms with Crippen molar-refractivity contribution in [3.63, 3.8) is 0 Å². The molecule has 0 saturated carbocycles. The summed E-state index contributed by atoms with van der Waals surface area (Å²) in [5, 5.41) is 6.79. The fraction of sp³-hybridized carbons (Fsp3) is 0.533. The Hall–Kier alpha value is -1.00. The predicted octanol–water partition coefficient (Wildman–Crippen LogP) is 2.21. The third-order valence-electron chi connectivity index (χ3n) is 3.19. The summed E-state index contributed by atoms with van der Waals surface area (Å²) in [6.45, 7) is 6.75. The molecule has 3 nitrogen and oxygen atoms in total. The smallest absolute Gasteiger partial charge is 0.237 e. The molecule has 1 aliphatic heterocycles. The van der Waals surface area contributed by atoms with Crippen LogP contribution in [0.1, 0.15) is 26.3 Å². The number of thioether (sulfide) groups is 1. The number of carbonyl (C=O) groups is 1. The van der Waals surface area contributed by atoms with Crippen LogP contribution in [0.3, 0.4) is 0 Å². The molecule has 1 aromatic carbocycles. The maximum absolute atomic E-state index is 11.8. The largest absolute Gasteiger partial charge is 0.353 e. The topological polar surface area (TPSA) is 41.1 Å². The van der Waals surface area contributed by atoms with Gasteiger partial charge in [-0.2, -0.15) is 0 Å². The van der Waals surface area contributed by atoms with E-state index in [9.17, 15) is 4.79 Å². The van der Waals surface area contributed by atoms with Gasteiger partial charge in [0.05, 0.1) is 6.04 Å². The quantitative estimate of drug-likeness (QED) is 0.867. The summed E-state index contributed by atoms with van der Waals surface area (Å²) in [4.78, 5) is 13.2. The monoisotopic (exact) mass is 278 g/mol. The molecule has 2 rings (SSSR count). The van der Waals surface area contributed by atoms with Gasteiger partial charge in [0.25, 0.3) is 0 Å². The van der Waals surface area contributed by atoms with E-state index in [1.165, 1.54) is 10.5 Å². The van der Waals surface area contributed by atoms with E-state index in [1.807, 2.05) is 32.5 Å². The molecule has 2 unspecified atom stereocenters. The van der Waals surface area contributed by atoms with Crippen LogP contribution in [0, 0.1) is 0 Å². The van der Waals surface area contributed by atoms with Crippen LogP contribution in [-0.4, -0.2) is 29.8 Å². The van der Waals surface area contributed by atoms with Crippen LogP contribution in [0.25, 0.3) is 0 Å². The van der Waals surface area contributed by atoms with E-state index < -0.39 is 0 Å². The molecule has 0 radical (unpaired) electrons. The fourth-order valence-electron chi connectivity index (χ4n) is 2.18. The number of amides is 1. The van der Waals surface area contributed by atoms with Gasteiger partial charge in [0, 0.05) is 22.7 Å². The normalized spacial score (nSPS) is 19.3. The third kappa shape index (κ3) is 3.98. The van der Waals surface area contributed by atoms with Crippen molar-refractivity contribution >= 4 is 17.7 Å². The van der Waals surface area contributed by atoms with Crippen LogP contribution in [-0.2, 0) is 11.2 Å². The first kappa shape index (κ1) is 14.4. The predicted molar refractivity (Wildman–Crippen MR) is 80.5 cm³/mol. The molecular formula is C15H22N2OS. The minimum atomic E-state index is -0.133. The highest BCUT2D eigenvalue weighted by atomic mass is 32.2. The molecule has 19 heavy (non-hydrogen) atoms. The maximum Gasteiger partial charge on any atom is 0.237 e. The van der Waals surface area contributed by atoms with Gasteiger partial charge in [-0.15, -0.1) is 11.8 Å². The Morgan fingerprint density at radius 2 is 2.11 bits per heavy atom. The average Bonchev–Trinajstić information content (AvgIpc) is 2.77. The summed E-state index contributed by atoms with van der Waals surface area (Å²) >= 11 is 1.91. The van der Waals surface area contributed by atoms with Crippen molar-refractivity contribution in [3.05, 3.63) is 29.8 Å². The summed E-state index contributed by atoms with van der Waals surface area (Å²) in [6.07, 6.45) is 1.09. The molecule has 2 N–H and O–H groups in total. The first-order valence-corrected chi connectivity index (χ1v) is 7.72. The summed E-state index contributed by atoms with van der Waals surface area (Å²) in [7, 11) is 0. The highest BCUT2D eigenvalue weighted by molar-refractivity contribution is 8.00. The lowest BCUT2D eigenvalue weighted by Crippen LogP contribution is -2.46. The molecule has 104 valence electrons. The van der Waals surface area contributed by atoms with Gasteiger partial charge in [0.2, 0.25) is 5.91 Å². The molecule has 0 aromatic heterocycles. The van der Waals surface area contributed by atoms with E-state index >= 15 is 0 Å². The highest BCUT2D eigenvalue weighted by Crippen LogP contribution is 2.36. The van der Waals surface area contributed by atoms with Gasteiger partial charge in [-0.1, -0.05) is 18.2 Å². The highest BCUT2D eigenvalue weighted by Gasteiger charge is 2.23. The molecule has 0 spiro atoms. The minimum Gasteiger partial charge on any atom is -0.353 e. The summed E-state index contributed by atoms with van der Waals surface area (Å²) in [5.41, 5.74) is 1.43. The second-order valence-corrected chi connectivity index (χ2v) is 6.69. The molecule has 1 aliphatic rings. The fourth-order valence-corrected chi connectivity index (χ4v) is 3.44. The summed E-state index contributed by atoms with van der Waals surface area (Å²) < 4.78 is 0. The zero-order chi connectivity index (χ0) is 13.8. The molecule has 0 bridgehead atoms. The number of fused-ring (bicyclic) bond motifs is 1. The number of benzene rings is 1. The van der Waals surface area contributed by atoms with Crippen molar-refractivity contribution in [2.24, 2.45) is 0 Å². The van der Waals surface area contributed by atoms with Crippen molar-refractivity contribution in [2.45, 2.75) is 49.4 Å². The Morgan fingerprint density at radius 1 is 1.37 bits per heavy atom. The van der Waals surface area contributed by atoms with E-state index in [2.05, 4.69) is 34.9 Å². The lowest BCUT2D eigenvalue weighted by atomic mass is 10.1. The third-order valence-corrected chi connectivity index (χ3v) is 4.51. The number of nitrogens with one attached hydrogen (secondary N) is 2. The number of hydrogen-bond donors (Lipinski definition) is 2. The summed E-state index contributed by atoms with van der Waals surface area (Å²) in [6, 6.07) is 8.61. The first-order valence-electron chi connectivity index (χ1n) is 6.84. The van der Waals surface area contributed by atoms with E-state index in [4.69, 9.17) is 0 Å². The summed E-state index contributed by atoms with van der Waals surface area (Å²) in [5.74, 6) is 0.0792. The van der Waals surface area contributed by atoms with Crippen molar-refractivity contribution < 1.29 is 4.79 Å². The van der Waals surface area contributed by atoms with Crippen LogP contribution >= 0.6 is 11.8 Å². The molecule has 4 heteroatoms. The Balaban J connectivity index is 1.77. The van der Waals surface area contributed by atoms with E-state index in [1.54, 1.807) is 0 Å². The minimum absolute atomic E-state index is 0.0792. The second kappa shape index (κ2) is 6.44. The zero-order valence-corrected chi connectivity index (χ0v) is 12.6. The Labute approximate surface area is 119 Å². The van der Waals surface area contributed by atoms with Crippen molar-refractivity contribution in [1.82, 2.24) is 10.6 Å². The van der Waals surface area contributed by atoms with Gasteiger partial charge in [-0.3, -0.25) is 4.79 Å². The number of rotatable bonds is 5. The first-order chi connectivity index (χ1) is 9.06. The SMILES string of the molecule is CC(C)NC(=O)C(C)NCC1Cc2ccccc2S1. The molecule has 0 aliphatic carbocycles. The number of carbonyl (C=O) groups excluding carboxylic acids is 1. The molecular weight excluding hydrogens is 256 g/mol. The van der Waals surface area contributed by atoms with Crippen LogP contribution in [0.15, 0.2) is 29.2 Å². The second-order valence-electron chi connectivity index (χ2n) is 5.34. The van der Waals surface area contributed by atoms with Gasteiger partial charge < -0.3 is 10.6 Å². The lowest BCUT2D eigenvalue weighted by molar-refractivity contribution is -0.123. The van der Waals surface area contributed by atoms with Gasteiger partial charge in [-0.05, 0) is 38.8 Å². The van der Waals surface area contributed by atoms with Crippen molar-refractivity contribution in [2.75, 3.05) is 6.54 Å². The van der Waals surface area contributed by atoms with Gasteiger partial charge >= 0.3 is 0 Å². The van der Waals surface area contributed by atoms with Crippen LogP contribution in [0.2, 0.25) is 0 Å². The Morgan fingerprint density at radius 3 is 2.79 bits per heavy atom. The lowest BCUT2D eigenvalue weighted by Gasteiger charge is -2.18. The van der Waals surface area contributed by atoms with Crippen LogP contribution in [0.4, 0.5) is 0 Å². The molecule has 0 fully saturated rings. The zero-order valence-electron chi connectivity index (χ0n) is 11.8. The molecule has 0 saturated heterocycles. The Bertz CT molecular complexity index is 423. The van der Waals surface area contributed by atoms with E-state index in [0.717, 1.165) is 13.0 Å². The van der Waals surface area contributed by atoms with Gasteiger partial charge in [0.1, 0.15) is 0 Å². The van der Waals surface area contributed by atoms with E-state index in [-0.39, 0.29) is 18.0 Å². The number of hydrogen-bond acceptors (Lipinski definition) is 3. The van der Waals surface area contributed by atoms with E-state index in [0.29, 0.717) is 5.25 Å². The molecule has 2 atom stereocenters. The maximum atomic E-state index is 11.8. The van der Waals surface area contributed by atoms with Crippen LogP contribution < -0.4 is 10.6 Å². The van der Waals surface area contributed by atoms with Gasteiger partial charge in [0.15, 0.2) is 0 Å². The molecule has 1 aromatic rings.